The Morgan fingerprint density at radius 3 is 2.68 bits per heavy atom. The Kier molecular flexibility index (Phi) is 4.82. The maximum absolute atomic E-state index is 13.2. The minimum absolute atomic E-state index is 0.181. The van der Waals surface area contributed by atoms with E-state index >= 15 is 0 Å². The second kappa shape index (κ2) is 7.67. The summed E-state index contributed by atoms with van der Waals surface area (Å²) in [7, 11) is 1.93. The third kappa shape index (κ3) is 3.41. The Labute approximate surface area is 184 Å². The molecule has 156 valence electrons. The van der Waals surface area contributed by atoms with E-state index in [0.29, 0.717) is 18.0 Å². The molecule has 1 aliphatic rings. The van der Waals surface area contributed by atoms with Crippen LogP contribution in [0.15, 0.2) is 60.9 Å². The molecule has 1 aliphatic heterocycles. The van der Waals surface area contributed by atoms with Crippen LogP contribution in [0.4, 0.5) is 0 Å². The molecule has 2 aromatic heterocycles. The first kappa shape index (κ1) is 19.5. The Bertz CT molecular complexity index is 1260. The van der Waals surface area contributed by atoms with Gasteiger partial charge in [-0.2, -0.15) is 5.10 Å². The van der Waals surface area contributed by atoms with E-state index in [1.807, 2.05) is 73.3 Å². The van der Waals surface area contributed by atoms with Crippen molar-refractivity contribution in [2.45, 2.75) is 19.4 Å². The van der Waals surface area contributed by atoms with Crippen molar-refractivity contribution in [3.05, 3.63) is 83.0 Å². The number of carbonyl (C=O) groups is 1. The van der Waals surface area contributed by atoms with E-state index in [1.165, 1.54) is 0 Å². The van der Waals surface area contributed by atoms with Gasteiger partial charge in [-0.15, -0.1) is 5.10 Å². The molecule has 3 heterocycles. The van der Waals surface area contributed by atoms with Gasteiger partial charge in [-0.25, -0.2) is 9.67 Å². The standard InChI is InChI=1S/C23H21ClN6O/c1-15-20-19(21(28(2)26-20)16-7-6-8-17(24)13-16)11-12-29(15)23(31)22-25-14-30(27-22)18-9-4-3-5-10-18/h3-10,13-15H,11-12H2,1-2H3. The molecule has 2 aromatic carbocycles. The van der Waals surface area contributed by atoms with Crippen LogP contribution in [-0.4, -0.2) is 41.9 Å². The van der Waals surface area contributed by atoms with E-state index in [1.54, 1.807) is 15.9 Å². The molecule has 31 heavy (non-hydrogen) atoms. The van der Waals surface area contributed by atoms with Gasteiger partial charge in [0.1, 0.15) is 6.33 Å². The monoisotopic (exact) mass is 432 g/mol. The zero-order chi connectivity index (χ0) is 21.5. The SMILES string of the molecule is CC1c2nn(C)c(-c3cccc(Cl)c3)c2CCN1C(=O)c1ncn(-c2ccccc2)n1. The number of benzene rings is 2. The summed E-state index contributed by atoms with van der Waals surface area (Å²) < 4.78 is 3.49. The van der Waals surface area contributed by atoms with E-state index in [-0.39, 0.29) is 17.8 Å². The van der Waals surface area contributed by atoms with Gasteiger partial charge in [-0.1, -0.05) is 41.9 Å². The minimum atomic E-state index is -0.192. The zero-order valence-electron chi connectivity index (χ0n) is 17.2. The molecule has 0 fully saturated rings. The molecule has 1 amide bonds. The molecule has 5 rings (SSSR count). The molecule has 0 saturated carbocycles. The molecule has 4 aromatic rings. The van der Waals surface area contributed by atoms with Crippen LogP contribution in [0, 0.1) is 0 Å². The van der Waals surface area contributed by atoms with Gasteiger partial charge >= 0.3 is 0 Å². The first-order chi connectivity index (χ1) is 15.0. The van der Waals surface area contributed by atoms with Crippen LogP contribution in [-0.2, 0) is 13.5 Å². The van der Waals surface area contributed by atoms with E-state index < -0.39 is 0 Å². The lowest BCUT2D eigenvalue weighted by Crippen LogP contribution is -2.39. The molecule has 0 N–H and O–H groups in total. The third-order valence-electron chi connectivity index (χ3n) is 5.71. The summed E-state index contributed by atoms with van der Waals surface area (Å²) in [6.07, 6.45) is 2.28. The Morgan fingerprint density at radius 2 is 1.90 bits per heavy atom. The predicted octanol–water partition coefficient (Wildman–Crippen LogP) is 4.08. The Hall–Kier alpha value is -3.45. The van der Waals surface area contributed by atoms with Gasteiger partial charge in [0.2, 0.25) is 5.82 Å². The highest BCUT2D eigenvalue weighted by Crippen LogP contribution is 2.36. The number of carbonyl (C=O) groups excluding carboxylic acids is 1. The van der Waals surface area contributed by atoms with E-state index in [9.17, 15) is 4.79 Å². The first-order valence-corrected chi connectivity index (χ1v) is 10.5. The molecular weight excluding hydrogens is 412 g/mol. The second-order valence-electron chi connectivity index (χ2n) is 7.62. The van der Waals surface area contributed by atoms with E-state index in [0.717, 1.165) is 28.2 Å². The lowest BCUT2D eigenvalue weighted by Gasteiger charge is -2.32. The maximum atomic E-state index is 13.2. The minimum Gasteiger partial charge on any atom is -0.327 e. The van der Waals surface area contributed by atoms with Gasteiger partial charge < -0.3 is 4.90 Å². The van der Waals surface area contributed by atoms with Crippen molar-refractivity contribution < 1.29 is 4.79 Å². The third-order valence-corrected chi connectivity index (χ3v) is 5.94. The van der Waals surface area contributed by atoms with Crippen LogP contribution < -0.4 is 0 Å². The molecule has 1 unspecified atom stereocenters. The molecule has 0 spiro atoms. The van der Waals surface area contributed by atoms with Gasteiger partial charge in [0, 0.05) is 29.7 Å². The van der Waals surface area contributed by atoms with Crippen molar-refractivity contribution in [3.8, 4) is 16.9 Å². The molecule has 8 heteroatoms. The summed E-state index contributed by atoms with van der Waals surface area (Å²) in [5.41, 5.74) is 4.99. The quantitative estimate of drug-likeness (QED) is 0.489. The fourth-order valence-corrected chi connectivity index (χ4v) is 4.40. The fraction of sp³-hybridized carbons (Fsp3) is 0.217. The zero-order valence-corrected chi connectivity index (χ0v) is 18.0. The number of para-hydroxylation sites is 1. The number of nitrogens with zero attached hydrogens (tertiary/aromatic N) is 6. The molecule has 7 nitrogen and oxygen atoms in total. The lowest BCUT2D eigenvalue weighted by atomic mass is 9.95. The first-order valence-electron chi connectivity index (χ1n) is 10.1. The van der Waals surface area contributed by atoms with Crippen molar-refractivity contribution >= 4 is 17.5 Å². The average Bonchev–Trinajstić information content (AvgIpc) is 3.39. The maximum Gasteiger partial charge on any atom is 0.294 e. The molecule has 0 aliphatic carbocycles. The summed E-state index contributed by atoms with van der Waals surface area (Å²) >= 11 is 6.21. The van der Waals surface area contributed by atoms with Crippen molar-refractivity contribution in [2.24, 2.45) is 7.05 Å². The van der Waals surface area contributed by atoms with Gasteiger partial charge in [0.25, 0.3) is 5.91 Å². The molecule has 0 radical (unpaired) electrons. The Morgan fingerprint density at radius 1 is 1.10 bits per heavy atom. The number of aryl methyl sites for hydroxylation is 1. The van der Waals surface area contributed by atoms with Crippen molar-refractivity contribution in [1.29, 1.82) is 0 Å². The lowest BCUT2D eigenvalue weighted by molar-refractivity contribution is 0.0661. The number of fused-ring (bicyclic) bond motifs is 1. The number of amides is 1. The summed E-state index contributed by atoms with van der Waals surface area (Å²) in [5, 5.41) is 9.84. The number of hydrogen-bond acceptors (Lipinski definition) is 4. The van der Waals surface area contributed by atoms with Crippen LogP contribution >= 0.6 is 11.6 Å². The summed E-state index contributed by atoms with van der Waals surface area (Å²) in [4.78, 5) is 19.3. The van der Waals surface area contributed by atoms with Crippen molar-refractivity contribution in [3.63, 3.8) is 0 Å². The number of rotatable bonds is 3. The summed E-state index contributed by atoms with van der Waals surface area (Å²) in [6, 6.07) is 17.2. The van der Waals surface area contributed by atoms with Gasteiger partial charge in [-0.3, -0.25) is 9.48 Å². The average molecular weight is 433 g/mol. The highest BCUT2D eigenvalue weighted by Gasteiger charge is 2.34. The van der Waals surface area contributed by atoms with E-state index in [2.05, 4.69) is 10.1 Å². The number of hydrogen-bond donors (Lipinski definition) is 0. The van der Waals surface area contributed by atoms with Crippen LogP contribution in [0.5, 0.6) is 0 Å². The Balaban J connectivity index is 1.44. The van der Waals surface area contributed by atoms with Gasteiger partial charge in [0.05, 0.1) is 23.1 Å². The largest absolute Gasteiger partial charge is 0.327 e. The van der Waals surface area contributed by atoms with E-state index in [4.69, 9.17) is 16.7 Å². The predicted molar refractivity (Wildman–Crippen MR) is 118 cm³/mol. The summed E-state index contributed by atoms with van der Waals surface area (Å²) in [6.45, 7) is 2.57. The normalized spacial score (nSPS) is 15.7. The van der Waals surface area contributed by atoms with Gasteiger partial charge in [-0.05, 0) is 37.6 Å². The van der Waals surface area contributed by atoms with Crippen LogP contribution in [0.3, 0.4) is 0 Å². The molecule has 0 saturated heterocycles. The smallest absolute Gasteiger partial charge is 0.294 e. The van der Waals surface area contributed by atoms with Gasteiger partial charge in [0.15, 0.2) is 0 Å². The highest BCUT2D eigenvalue weighted by molar-refractivity contribution is 6.30. The fourth-order valence-electron chi connectivity index (χ4n) is 4.21. The van der Waals surface area contributed by atoms with Crippen LogP contribution in [0.25, 0.3) is 16.9 Å². The van der Waals surface area contributed by atoms with Crippen LogP contribution in [0.1, 0.15) is 34.8 Å². The molecule has 0 bridgehead atoms. The van der Waals surface area contributed by atoms with Crippen LogP contribution in [0.2, 0.25) is 5.02 Å². The van der Waals surface area contributed by atoms with Crippen molar-refractivity contribution in [1.82, 2.24) is 29.4 Å². The highest BCUT2D eigenvalue weighted by atomic mass is 35.5. The molecule has 1 atom stereocenters. The second-order valence-corrected chi connectivity index (χ2v) is 8.06. The topological polar surface area (TPSA) is 68.8 Å². The van der Waals surface area contributed by atoms with Crippen molar-refractivity contribution in [2.75, 3.05) is 6.54 Å². The molecular formula is C23H21ClN6O. The summed E-state index contributed by atoms with van der Waals surface area (Å²) in [5.74, 6) is -0.00654. The number of halogens is 1. The number of aromatic nitrogens is 5.